The predicted octanol–water partition coefficient (Wildman–Crippen LogP) is 1.30. The van der Waals surface area contributed by atoms with Crippen LogP contribution < -0.4 is 16.0 Å². The van der Waals surface area contributed by atoms with Gasteiger partial charge in [-0.3, -0.25) is 5.84 Å². The normalized spacial score (nSPS) is 12.8. The largest absolute Gasteiger partial charge is 0.496 e. The Kier molecular flexibility index (Phi) is 4.89. The van der Waals surface area contributed by atoms with Crippen molar-refractivity contribution < 1.29 is 9.47 Å². The van der Waals surface area contributed by atoms with Gasteiger partial charge in [-0.25, -0.2) is 5.43 Å². The number of nitrogens with one attached hydrogen (secondary N) is 1. The first-order chi connectivity index (χ1) is 6.81. The molecule has 1 aromatic rings. The van der Waals surface area contributed by atoms with Crippen LogP contribution in [0.2, 0.25) is 0 Å². The lowest BCUT2D eigenvalue weighted by Gasteiger charge is -2.13. The third-order valence-electron chi connectivity index (χ3n) is 1.86. The lowest BCUT2D eigenvalue weighted by molar-refractivity contribution is 0.124. The zero-order valence-corrected chi connectivity index (χ0v) is 9.26. The molecule has 1 heterocycles. The minimum absolute atomic E-state index is 0.0452. The molecule has 0 aliphatic rings. The summed E-state index contributed by atoms with van der Waals surface area (Å²) in [5.41, 5.74) is 2.72. The summed E-state index contributed by atoms with van der Waals surface area (Å²) in [7, 11) is 1.65. The molecule has 1 atom stereocenters. The average Bonchev–Trinajstić information content (AvgIpc) is 2.68. The number of ether oxygens (including phenoxy) is 2. The second-order valence-electron chi connectivity index (χ2n) is 2.77. The standard InChI is InChI=1S/C9H16N2O2S/c1-3-13-5-8(11-10)9-4-7(12-2)6-14-9/h4,6,8,11H,3,5,10H2,1-2H3. The van der Waals surface area contributed by atoms with Gasteiger partial charge < -0.3 is 9.47 Å². The molecule has 0 saturated carbocycles. The number of methoxy groups -OCH3 is 1. The Morgan fingerprint density at radius 2 is 2.43 bits per heavy atom. The Labute approximate surface area is 88.0 Å². The second kappa shape index (κ2) is 5.98. The van der Waals surface area contributed by atoms with Crippen molar-refractivity contribution in [1.29, 1.82) is 0 Å². The molecule has 1 rings (SSSR count). The summed E-state index contributed by atoms with van der Waals surface area (Å²) in [6.45, 7) is 3.24. The summed E-state index contributed by atoms with van der Waals surface area (Å²) >= 11 is 1.61. The van der Waals surface area contributed by atoms with Gasteiger partial charge in [0.1, 0.15) is 5.75 Å². The van der Waals surface area contributed by atoms with Crippen LogP contribution in [0.5, 0.6) is 5.75 Å². The number of thiophene rings is 1. The lowest BCUT2D eigenvalue weighted by atomic mass is 10.2. The van der Waals surface area contributed by atoms with E-state index in [0.717, 1.165) is 10.6 Å². The number of hydrogen-bond donors (Lipinski definition) is 2. The van der Waals surface area contributed by atoms with Gasteiger partial charge in [-0.15, -0.1) is 11.3 Å². The molecule has 0 radical (unpaired) electrons. The van der Waals surface area contributed by atoms with E-state index >= 15 is 0 Å². The first-order valence-electron chi connectivity index (χ1n) is 4.48. The summed E-state index contributed by atoms with van der Waals surface area (Å²) < 4.78 is 10.4. The van der Waals surface area contributed by atoms with Crippen molar-refractivity contribution in [2.75, 3.05) is 20.3 Å². The number of nitrogens with two attached hydrogens (primary N) is 1. The van der Waals surface area contributed by atoms with E-state index in [0.29, 0.717) is 13.2 Å². The molecule has 4 nitrogen and oxygen atoms in total. The third-order valence-corrected chi connectivity index (χ3v) is 2.89. The van der Waals surface area contributed by atoms with Gasteiger partial charge in [-0.1, -0.05) is 0 Å². The van der Waals surface area contributed by atoms with Crippen LogP contribution >= 0.6 is 11.3 Å². The van der Waals surface area contributed by atoms with Crippen LogP contribution in [-0.4, -0.2) is 20.3 Å². The fourth-order valence-electron chi connectivity index (χ4n) is 1.07. The van der Waals surface area contributed by atoms with E-state index in [-0.39, 0.29) is 6.04 Å². The number of hydrogen-bond acceptors (Lipinski definition) is 5. The number of hydrazine groups is 1. The zero-order chi connectivity index (χ0) is 10.4. The van der Waals surface area contributed by atoms with Gasteiger partial charge in [-0.2, -0.15) is 0 Å². The summed E-state index contributed by atoms with van der Waals surface area (Å²) in [5, 5.41) is 1.95. The summed E-state index contributed by atoms with van der Waals surface area (Å²) in [6.07, 6.45) is 0. The minimum Gasteiger partial charge on any atom is -0.496 e. The van der Waals surface area contributed by atoms with Gasteiger partial charge in [0.25, 0.3) is 0 Å². The fourth-order valence-corrected chi connectivity index (χ4v) is 1.97. The highest BCUT2D eigenvalue weighted by atomic mass is 32.1. The highest BCUT2D eigenvalue weighted by Gasteiger charge is 2.12. The first kappa shape index (κ1) is 11.5. The molecule has 3 N–H and O–H groups in total. The predicted molar refractivity (Wildman–Crippen MR) is 57.4 cm³/mol. The Bertz CT molecular complexity index is 265. The van der Waals surface area contributed by atoms with Gasteiger partial charge in [0.15, 0.2) is 0 Å². The molecule has 80 valence electrons. The van der Waals surface area contributed by atoms with Crippen LogP contribution in [0.25, 0.3) is 0 Å². The van der Waals surface area contributed by atoms with Gasteiger partial charge in [-0.05, 0) is 13.0 Å². The van der Waals surface area contributed by atoms with Crippen molar-refractivity contribution in [3.8, 4) is 5.75 Å². The zero-order valence-electron chi connectivity index (χ0n) is 8.45. The molecular weight excluding hydrogens is 200 g/mol. The molecule has 0 amide bonds. The Hall–Kier alpha value is -0.620. The van der Waals surface area contributed by atoms with E-state index in [2.05, 4.69) is 5.43 Å². The molecule has 0 saturated heterocycles. The Morgan fingerprint density at radius 3 is 2.93 bits per heavy atom. The first-order valence-corrected chi connectivity index (χ1v) is 5.36. The van der Waals surface area contributed by atoms with Crippen LogP contribution in [0.4, 0.5) is 0 Å². The summed E-state index contributed by atoms with van der Waals surface area (Å²) in [5.74, 6) is 6.29. The van der Waals surface area contributed by atoms with Crippen molar-refractivity contribution in [1.82, 2.24) is 5.43 Å². The number of rotatable bonds is 6. The van der Waals surface area contributed by atoms with Crippen molar-refractivity contribution in [2.24, 2.45) is 5.84 Å². The minimum atomic E-state index is 0.0452. The molecular formula is C9H16N2O2S. The van der Waals surface area contributed by atoms with Crippen LogP contribution in [-0.2, 0) is 4.74 Å². The molecule has 5 heteroatoms. The Morgan fingerprint density at radius 1 is 1.64 bits per heavy atom. The van der Waals surface area contributed by atoms with E-state index < -0.39 is 0 Å². The second-order valence-corrected chi connectivity index (χ2v) is 3.71. The van der Waals surface area contributed by atoms with Crippen LogP contribution in [0.1, 0.15) is 17.8 Å². The monoisotopic (exact) mass is 216 g/mol. The van der Waals surface area contributed by atoms with E-state index in [1.54, 1.807) is 18.4 Å². The highest BCUT2D eigenvalue weighted by Crippen LogP contribution is 2.26. The van der Waals surface area contributed by atoms with E-state index in [4.69, 9.17) is 15.3 Å². The van der Waals surface area contributed by atoms with Gasteiger partial charge in [0.2, 0.25) is 0 Å². The topological polar surface area (TPSA) is 56.5 Å². The maximum Gasteiger partial charge on any atom is 0.129 e. The Balaban J connectivity index is 2.58. The van der Waals surface area contributed by atoms with Crippen molar-refractivity contribution in [2.45, 2.75) is 13.0 Å². The van der Waals surface area contributed by atoms with Crippen LogP contribution in [0.3, 0.4) is 0 Å². The van der Waals surface area contributed by atoms with E-state index in [9.17, 15) is 0 Å². The summed E-state index contributed by atoms with van der Waals surface area (Å²) in [6, 6.07) is 2.01. The molecule has 0 spiro atoms. The maximum atomic E-state index is 5.43. The van der Waals surface area contributed by atoms with Crippen molar-refractivity contribution >= 4 is 11.3 Å². The smallest absolute Gasteiger partial charge is 0.129 e. The maximum absolute atomic E-state index is 5.43. The van der Waals surface area contributed by atoms with Crippen LogP contribution in [0.15, 0.2) is 11.4 Å². The highest BCUT2D eigenvalue weighted by molar-refractivity contribution is 7.10. The molecule has 1 unspecified atom stereocenters. The van der Waals surface area contributed by atoms with Crippen molar-refractivity contribution in [3.05, 3.63) is 16.3 Å². The molecule has 0 aromatic carbocycles. The third kappa shape index (κ3) is 2.95. The molecule has 0 aliphatic carbocycles. The van der Waals surface area contributed by atoms with E-state index in [1.165, 1.54) is 0 Å². The van der Waals surface area contributed by atoms with Gasteiger partial charge in [0.05, 0.1) is 19.8 Å². The van der Waals surface area contributed by atoms with E-state index in [1.807, 2.05) is 18.4 Å². The van der Waals surface area contributed by atoms with Crippen LogP contribution in [0, 0.1) is 0 Å². The fraction of sp³-hybridized carbons (Fsp3) is 0.556. The molecule has 1 aromatic heterocycles. The summed E-state index contributed by atoms with van der Waals surface area (Å²) in [4.78, 5) is 1.12. The molecule has 0 fully saturated rings. The van der Waals surface area contributed by atoms with Gasteiger partial charge >= 0.3 is 0 Å². The quantitative estimate of drug-likeness (QED) is 0.556. The average molecular weight is 216 g/mol. The SMILES string of the molecule is CCOCC(NN)c1cc(OC)cs1. The van der Waals surface area contributed by atoms with Crippen molar-refractivity contribution in [3.63, 3.8) is 0 Å². The van der Waals surface area contributed by atoms with Gasteiger partial charge in [0, 0.05) is 16.9 Å². The molecule has 0 aliphatic heterocycles. The molecule has 14 heavy (non-hydrogen) atoms. The lowest BCUT2D eigenvalue weighted by Crippen LogP contribution is -2.30. The molecule has 0 bridgehead atoms.